The van der Waals surface area contributed by atoms with Crippen LogP contribution in [0.1, 0.15) is 11.1 Å². The molecule has 0 heterocycles. The summed E-state index contributed by atoms with van der Waals surface area (Å²) in [6.07, 6.45) is 0.169. The average Bonchev–Trinajstić information content (AvgIpc) is 2.66. The normalized spacial score (nSPS) is 11.1. The van der Waals surface area contributed by atoms with Crippen LogP contribution in [0.25, 0.3) is 0 Å². The quantitative estimate of drug-likeness (QED) is 0.748. The first-order valence-electron chi connectivity index (χ1n) is 7.80. The van der Waals surface area contributed by atoms with Crippen molar-refractivity contribution in [2.45, 2.75) is 12.5 Å². The second kappa shape index (κ2) is 9.08. The highest BCUT2D eigenvalue weighted by Crippen LogP contribution is 2.27. The van der Waals surface area contributed by atoms with Gasteiger partial charge >= 0.3 is 5.97 Å². The van der Waals surface area contributed by atoms with Crippen LogP contribution in [-0.4, -0.2) is 36.7 Å². The summed E-state index contributed by atoms with van der Waals surface area (Å²) in [4.78, 5) is 23.4. The van der Waals surface area contributed by atoms with Gasteiger partial charge in [-0.15, -0.1) is 0 Å². The summed E-state index contributed by atoms with van der Waals surface area (Å²) >= 11 is 0. The molecule has 7 heteroatoms. The van der Waals surface area contributed by atoms with E-state index in [4.69, 9.17) is 14.7 Å². The zero-order valence-corrected chi connectivity index (χ0v) is 14.1. The maximum atomic E-state index is 12.1. The molecule has 0 radical (unpaired) electrons. The van der Waals surface area contributed by atoms with Crippen molar-refractivity contribution < 1.29 is 24.2 Å². The first-order valence-corrected chi connectivity index (χ1v) is 7.80. The SMILES string of the molecule is COc1cc(C#N)ccc1OCC(=O)NC(Cc1ccccc1)C(=O)O. The maximum Gasteiger partial charge on any atom is 0.326 e. The predicted molar refractivity (Wildman–Crippen MR) is 92.9 cm³/mol. The Morgan fingerprint density at radius 1 is 1.19 bits per heavy atom. The first kappa shape index (κ1) is 18.8. The van der Waals surface area contributed by atoms with E-state index < -0.39 is 17.9 Å². The second-order valence-corrected chi connectivity index (χ2v) is 5.41. The largest absolute Gasteiger partial charge is 0.493 e. The van der Waals surface area contributed by atoms with E-state index in [0.717, 1.165) is 5.56 Å². The third kappa shape index (κ3) is 5.24. The Hall–Kier alpha value is -3.53. The van der Waals surface area contributed by atoms with Crippen LogP contribution in [0.4, 0.5) is 0 Å². The van der Waals surface area contributed by atoms with E-state index >= 15 is 0 Å². The number of amides is 1. The molecule has 0 spiro atoms. The number of carbonyl (C=O) groups is 2. The fourth-order valence-electron chi connectivity index (χ4n) is 2.29. The van der Waals surface area contributed by atoms with E-state index in [0.29, 0.717) is 11.3 Å². The summed E-state index contributed by atoms with van der Waals surface area (Å²) in [5.41, 5.74) is 1.20. The predicted octanol–water partition coefficient (Wildman–Crippen LogP) is 1.76. The number of benzene rings is 2. The van der Waals surface area contributed by atoms with Crippen LogP contribution in [0.15, 0.2) is 48.5 Å². The first-order chi connectivity index (χ1) is 12.5. The van der Waals surface area contributed by atoms with E-state index in [9.17, 15) is 14.7 Å². The van der Waals surface area contributed by atoms with E-state index in [1.54, 1.807) is 24.3 Å². The molecule has 2 rings (SSSR count). The molecule has 0 bridgehead atoms. The molecule has 0 aliphatic carbocycles. The van der Waals surface area contributed by atoms with Gasteiger partial charge in [0.15, 0.2) is 18.1 Å². The van der Waals surface area contributed by atoms with Crippen molar-refractivity contribution in [3.63, 3.8) is 0 Å². The van der Waals surface area contributed by atoms with E-state index in [-0.39, 0.29) is 18.8 Å². The van der Waals surface area contributed by atoms with Gasteiger partial charge in [-0.05, 0) is 17.7 Å². The van der Waals surface area contributed by atoms with Gasteiger partial charge in [-0.2, -0.15) is 5.26 Å². The fraction of sp³-hybridized carbons (Fsp3) is 0.211. The summed E-state index contributed by atoms with van der Waals surface area (Å²) < 4.78 is 10.5. The Morgan fingerprint density at radius 2 is 1.92 bits per heavy atom. The molecule has 2 aromatic rings. The highest BCUT2D eigenvalue weighted by Gasteiger charge is 2.21. The zero-order valence-electron chi connectivity index (χ0n) is 14.1. The standard InChI is InChI=1S/C19H18N2O5/c1-25-17-10-14(11-20)7-8-16(17)26-12-18(22)21-15(19(23)24)9-13-5-3-2-4-6-13/h2-8,10,15H,9,12H2,1H3,(H,21,22)(H,23,24). The third-order valence-electron chi connectivity index (χ3n) is 3.57. The molecule has 134 valence electrons. The molecule has 1 unspecified atom stereocenters. The van der Waals surface area contributed by atoms with E-state index in [1.807, 2.05) is 12.1 Å². The molecule has 2 N–H and O–H groups in total. The van der Waals surface area contributed by atoms with Crippen LogP contribution in [0.5, 0.6) is 11.5 Å². The Labute approximate surface area is 150 Å². The van der Waals surface area contributed by atoms with Crippen LogP contribution < -0.4 is 14.8 Å². The highest BCUT2D eigenvalue weighted by molar-refractivity contribution is 5.84. The summed E-state index contributed by atoms with van der Waals surface area (Å²) in [6, 6.07) is 14.5. The van der Waals surface area contributed by atoms with Gasteiger partial charge in [-0.25, -0.2) is 4.79 Å². The van der Waals surface area contributed by atoms with Crippen molar-refractivity contribution in [2.75, 3.05) is 13.7 Å². The number of nitriles is 1. The number of nitrogens with zero attached hydrogens (tertiary/aromatic N) is 1. The van der Waals surface area contributed by atoms with Crippen LogP contribution >= 0.6 is 0 Å². The molecule has 0 fully saturated rings. The monoisotopic (exact) mass is 354 g/mol. The van der Waals surface area contributed by atoms with Crippen LogP contribution in [0.2, 0.25) is 0 Å². The van der Waals surface area contributed by atoms with E-state index in [1.165, 1.54) is 25.3 Å². The lowest BCUT2D eigenvalue weighted by molar-refractivity contribution is -0.142. The Kier molecular flexibility index (Phi) is 6.57. The van der Waals surface area contributed by atoms with E-state index in [2.05, 4.69) is 5.32 Å². The van der Waals surface area contributed by atoms with Gasteiger partial charge in [0.05, 0.1) is 18.7 Å². The molecule has 1 amide bonds. The topological polar surface area (TPSA) is 109 Å². The summed E-state index contributed by atoms with van der Waals surface area (Å²) in [6.45, 7) is -0.374. The minimum atomic E-state index is -1.13. The van der Waals surface area contributed by atoms with Crippen molar-refractivity contribution in [1.29, 1.82) is 5.26 Å². The summed E-state index contributed by atoms with van der Waals surface area (Å²) in [5, 5.41) is 20.6. The highest BCUT2D eigenvalue weighted by atomic mass is 16.5. The molecule has 26 heavy (non-hydrogen) atoms. The van der Waals surface area contributed by atoms with Crippen LogP contribution in [0, 0.1) is 11.3 Å². The smallest absolute Gasteiger partial charge is 0.326 e. The van der Waals surface area contributed by atoms with Gasteiger partial charge in [0.2, 0.25) is 0 Å². The van der Waals surface area contributed by atoms with Gasteiger partial charge in [0.1, 0.15) is 6.04 Å². The molecule has 1 atom stereocenters. The third-order valence-corrected chi connectivity index (χ3v) is 3.57. The van der Waals surface area contributed by atoms with Crippen LogP contribution in [-0.2, 0) is 16.0 Å². The minimum Gasteiger partial charge on any atom is -0.493 e. The number of carboxylic acid groups (broad SMARTS) is 1. The van der Waals surface area contributed by atoms with Crippen molar-refractivity contribution in [3.05, 3.63) is 59.7 Å². The number of ether oxygens (including phenoxy) is 2. The maximum absolute atomic E-state index is 12.1. The van der Waals surface area contributed by atoms with Crippen LogP contribution in [0.3, 0.4) is 0 Å². The van der Waals surface area contributed by atoms with Gasteiger partial charge in [0.25, 0.3) is 5.91 Å². The Morgan fingerprint density at radius 3 is 2.54 bits per heavy atom. The van der Waals surface area contributed by atoms with Crippen molar-refractivity contribution >= 4 is 11.9 Å². The molecule has 0 saturated carbocycles. The van der Waals surface area contributed by atoms with Crippen molar-refractivity contribution in [2.24, 2.45) is 0 Å². The lowest BCUT2D eigenvalue weighted by Crippen LogP contribution is -2.44. The molecule has 0 aliphatic rings. The minimum absolute atomic E-state index is 0.169. The Balaban J connectivity index is 1.96. The second-order valence-electron chi connectivity index (χ2n) is 5.41. The van der Waals surface area contributed by atoms with Gasteiger partial charge in [-0.3, -0.25) is 4.79 Å². The summed E-state index contributed by atoms with van der Waals surface area (Å²) in [7, 11) is 1.42. The number of rotatable bonds is 8. The average molecular weight is 354 g/mol. The number of aliphatic carboxylic acids is 1. The lowest BCUT2D eigenvalue weighted by Gasteiger charge is -2.15. The number of carboxylic acids is 1. The number of hydrogen-bond donors (Lipinski definition) is 2. The number of methoxy groups -OCH3 is 1. The molecular weight excluding hydrogens is 336 g/mol. The van der Waals surface area contributed by atoms with Gasteiger partial charge in [0, 0.05) is 12.5 Å². The molecule has 2 aromatic carbocycles. The number of hydrogen-bond acceptors (Lipinski definition) is 5. The Bertz CT molecular complexity index is 814. The summed E-state index contributed by atoms with van der Waals surface area (Å²) in [5.74, 6) is -1.09. The van der Waals surface area contributed by atoms with Gasteiger partial charge < -0.3 is 19.9 Å². The number of nitrogens with one attached hydrogen (secondary N) is 1. The lowest BCUT2D eigenvalue weighted by atomic mass is 10.1. The zero-order chi connectivity index (χ0) is 18.9. The fourth-order valence-corrected chi connectivity index (χ4v) is 2.29. The molecule has 0 aromatic heterocycles. The van der Waals surface area contributed by atoms with Crippen molar-refractivity contribution in [3.8, 4) is 17.6 Å². The molecule has 0 aliphatic heterocycles. The van der Waals surface area contributed by atoms with Gasteiger partial charge in [-0.1, -0.05) is 30.3 Å². The number of carbonyl (C=O) groups excluding carboxylic acids is 1. The molecule has 7 nitrogen and oxygen atoms in total. The molecule has 0 saturated heterocycles. The molecular formula is C19H18N2O5. The van der Waals surface area contributed by atoms with Crippen molar-refractivity contribution in [1.82, 2.24) is 5.32 Å².